The van der Waals surface area contributed by atoms with Gasteiger partial charge in [-0.15, -0.1) is 0 Å². The molecule has 1 aromatic heterocycles. The standard InChI is InChI=1S/C12H17N3O/c1-8-6-5-7-14-11(8)15-10(3)9(2)12(16)13-4/h5-7,12-13,16H,2H2,1,3-4H3. The molecule has 0 amide bonds. The van der Waals surface area contributed by atoms with Crippen molar-refractivity contribution in [2.45, 2.75) is 20.1 Å². The maximum absolute atomic E-state index is 9.53. The summed E-state index contributed by atoms with van der Waals surface area (Å²) in [6.07, 6.45) is 0.920. The van der Waals surface area contributed by atoms with Gasteiger partial charge in [0.25, 0.3) is 0 Å². The summed E-state index contributed by atoms with van der Waals surface area (Å²) in [7, 11) is 1.66. The van der Waals surface area contributed by atoms with Crippen molar-refractivity contribution in [2.24, 2.45) is 4.99 Å². The van der Waals surface area contributed by atoms with E-state index in [-0.39, 0.29) is 0 Å². The molecule has 0 aliphatic rings. The molecule has 1 atom stereocenters. The molecule has 2 N–H and O–H groups in total. The number of aryl methyl sites for hydroxylation is 1. The van der Waals surface area contributed by atoms with E-state index < -0.39 is 6.23 Å². The Labute approximate surface area is 95.8 Å². The number of nitrogens with one attached hydrogen (secondary N) is 1. The molecule has 0 aromatic carbocycles. The summed E-state index contributed by atoms with van der Waals surface area (Å²) in [6, 6.07) is 3.80. The van der Waals surface area contributed by atoms with Crippen molar-refractivity contribution in [2.75, 3.05) is 7.05 Å². The Kier molecular flexibility index (Phi) is 4.34. The van der Waals surface area contributed by atoms with Crippen LogP contribution in [0.2, 0.25) is 0 Å². The van der Waals surface area contributed by atoms with Crippen LogP contribution in [0.3, 0.4) is 0 Å². The second-order valence-electron chi connectivity index (χ2n) is 3.56. The summed E-state index contributed by atoms with van der Waals surface area (Å²) in [5, 5.41) is 12.2. The Morgan fingerprint density at radius 3 is 2.88 bits per heavy atom. The van der Waals surface area contributed by atoms with Gasteiger partial charge in [-0.2, -0.15) is 0 Å². The highest BCUT2D eigenvalue weighted by Gasteiger charge is 2.09. The Balaban J connectivity index is 2.93. The minimum absolute atomic E-state index is 0.549. The molecule has 0 saturated heterocycles. The fraction of sp³-hybridized carbons (Fsp3) is 0.333. The average molecular weight is 219 g/mol. The monoisotopic (exact) mass is 219 g/mol. The van der Waals surface area contributed by atoms with Gasteiger partial charge in [-0.25, -0.2) is 9.98 Å². The molecule has 0 spiro atoms. The van der Waals surface area contributed by atoms with Crippen molar-refractivity contribution < 1.29 is 5.11 Å². The van der Waals surface area contributed by atoms with Gasteiger partial charge in [0.2, 0.25) is 0 Å². The first-order chi connectivity index (χ1) is 7.56. The highest BCUT2D eigenvalue weighted by molar-refractivity contribution is 5.99. The van der Waals surface area contributed by atoms with Gasteiger partial charge in [-0.05, 0) is 32.5 Å². The number of likely N-dealkylation sites (N-methyl/N-ethyl adjacent to an activating group) is 1. The first-order valence-corrected chi connectivity index (χ1v) is 5.07. The normalized spacial score (nSPS) is 13.6. The topological polar surface area (TPSA) is 57.5 Å². The summed E-state index contributed by atoms with van der Waals surface area (Å²) in [6.45, 7) is 7.52. The summed E-state index contributed by atoms with van der Waals surface area (Å²) in [4.78, 5) is 8.49. The van der Waals surface area contributed by atoms with Gasteiger partial charge in [-0.1, -0.05) is 12.6 Å². The number of aliphatic hydroxyl groups is 1. The lowest BCUT2D eigenvalue weighted by atomic mass is 10.1. The highest BCUT2D eigenvalue weighted by atomic mass is 16.3. The molecule has 0 bridgehead atoms. The summed E-state index contributed by atoms with van der Waals surface area (Å²) in [5.74, 6) is 0.657. The van der Waals surface area contributed by atoms with Gasteiger partial charge in [-0.3, -0.25) is 5.32 Å². The molecule has 1 rings (SSSR count). The molecule has 0 saturated carbocycles. The van der Waals surface area contributed by atoms with Crippen LogP contribution in [0.1, 0.15) is 12.5 Å². The molecule has 1 unspecified atom stereocenters. The zero-order chi connectivity index (χ0) is 12.1. The van der Waals surface area contributed by atoms with E-state index in [1.165, 1.54) is 0 Å². The quantitative estimate of drug-likeness (QED) is 0.597. The van der Waals surface area contributed by atoms with E-state index >= 15 is 0 Å². The van der Waals surface area contributed by atoms with Crippen molar-refractivity contribution in [1.82, 2.24) is 10.3 Å². The summed E-state index contributed by atoms with van der Waals surface area (Å²) in [5.41, 5.74) is 2.21. The van der Waals surface area contributed by atoms with Crippen LogP contribution >= 0.6 is 0 Å². The number of pyridine rings is 1. The third kappa shape index (κ3) is 2.98. The SMILES string of the molecule is C=C(C(C)=Nc1ncccc1C)C(O)NC. The minimum Gasteiger partial charge on any atom is -0.374 e. The molecule has 0 aliphatic carbocycles. The average Bonchev–Trinajstić information content (AvgIpc) is 2.30. The van der Waals surface area contributed by atoms with E-state index in [4.69, 9.17) is 0 Å². The largest absolute Gasteiger partial charge is 0.374 e. The van der Waals surface area contributed by atoms with Crippen molar-refractivity contribution >= 4 is 11.5 Å². The predicted molar refractivity (Wildman–Crippen MR) is 65.9 cm³/mol. The fourth-order valence-electron chi connectivity index (χ4n) is 1.20. The second kappa shape index (κ2) is 5.53. The third-order valence-electron chi connectivity index (χ3n) is 2.32. The van der Waals surface area contributed by atoms with Crippen LogP contribution < -0.4 is 5.32 Å². The van der Waals surface area contributed by atoms with E-state index in [0.29, 0.717) is 17.1 Å². The van der Waals surface area contributed by atoms with Crippen molar-refractivity contribution in [3.63, 3.8) is 0 Å². The molecule has 0 radical (unpaired) electrons. The highest BCUT2D eigenvalue weighted by Crippen LogP contribution is 2.15. The van der Waals surface area contributed by atoms with E-state index in [1.54, 1.807) is 20.2 Å². The van der Waals surface area contributed by atoms with Crippen LogP contribution in [-0.4, -0.2) is 29.1 Å². The number of rotatable bonds is 4. The molecule has 0 fully saturated rings. The summed E-state index contributed by atoms with van der Waals surface area (Å²) < 4.78 is 0. The zero-order valence-corrected chi connectivity index (χ0v) is 9.86. The first kappa shape index (κ1) is 12.5. The van der Waals surface area contributed by atoms with E-state index in [1.807, 2.05) is 19.1 Å². The van der Waals surface area contributed by atoms with Crippen LogP contribution in [0, 0.1) is 6.92 Å². The Hall–Kier alpha value is -1.52. The molecule has 16 heavy (non-hydrogen) atoms. The summed E-state index contributed by atoms with van der Waals surface area (Å²) >= 11 is 0. The first-order valence-electron chi connectivity index (χ1n) is 5.07. The lowest BCUT2D eigenvalue weighted by Gasteiger charge is -2.12. The van der Waals surface area contributed by atoms with Crippen LogP contribution in [0.4, 0.5) is 5.82 Å². The van der Waals surface area contributed by atoms with Crippen LogP contribution in [-0.2, 0) is 0 Å². The minimum atomic E-state index is -0.771. The molecule has 4 heteroatoms. The number of nitrogens with zero attached hydrogens (tertiary/aromatic N) is 2. The molecule has 86 valence electrons. The molecule has 0 aliphatic heterocycles. The van der Waals surface area contributed by atoms with Crippen molar-refractivity contribution in [1.29, 1.82) is 0 Å². The van der Waals surface area contributed by atoms with Crippen molar-refractivity contribution in [3.05, 3.63) is 36.0 Å². The predicted octanol–water partition coefficient (Wildman–Crippen LogP) is 1.58. The van der Waals surface area contributed by atoms with Gasteiger partial charge in [0, 0.05) is 17.5 Å². The lowest BCUT2D eigenvalue weighted by Crippen LogP contribution is -2.29. The molecular formula is C12H17N3O. The van der Waals surface area contributed by atoms with Gasteiger partial charge in [0.15, 0.2) is 5.82 Å². The molecular weight excluding hydrogens is 202 g/mol. The van der Waals surface area contributed by atoms with Gasteiger partial charge >= 0.3 is 0 Å². The van der Waals surface area contributed by atoms with E-state index in [0.717, 1.165) is 5.56 Å². The fourth-order valence-corrected chi connectivity index (χ4v) is 1.20. The second-order valence-corrected chi connectivity index (χ2v) is 3.56. The number of aliphatic imine (C=N–C) groups is 1. The number of hydrogen-bond donors (Lipinski definition) is 2. The molecule has 1 heterocycles. The van der Waals surface area contributed by atoms with Crippen LogP contribution in [0.25, 0.3) is 0 Å². The Morgan fingerprint density at radius 1 is 1.62 bits per heavy atom. The van der Waals surface area contributed by atoms with Crippen molar-refractivity contribution in [3.8, 4) is 0 Å². The van der Waals surface area contributed by atoms with Crippen LogP contribution in [0.15, 0.2) is 35.5 Å². The van der Waals surface area contributed by atoms with E-state index in [2.05, 4.69) is 21.9 Å². The maximum Gasteiger partial charge on any atom is 0.154 e. The van der Waals surface area contributed by atoms with Crippen LogP contribution in [0.5, 0.6) is 0 Å². The Morgan fingerprint density at radius 2 is 2.31 bits per heavy atom. The van der Waals surface area contributed by atoms with Gasteiger partial charge in [0.05, 0.1) is 0 Å². The zero-order valence-electron chi connectivity index (χ0n) is 9.86. The Bertz CT molecular complexity index is 412. The number of aromatic nitrogens is 1. The number of hydrogen-bond acceptors (Lipinski definition) is 4. The maximum atomic E-state index is 9.53. The van der Waals surface area contributed by atoms with Gasteiger partial charge < -0.3 is 5.11 Å². The molecule has 4 nitrogen and oxygen atoms in total. The molecule has 1 aromatic rings. The lowest BCUT2D eigenvalue weighted by molar-refractivity contribution is 0.189. The van der Waals surface area contributed by atoms with Gasteiger partial charge in [0.1, 0.15) is 6.23 Å². The third-order valence-corrected chi connectivity index (χ3v) is 2.32. The smallest absolute Gasteiger partial charge is 0.154 e. The van der Waals surface area contributed by atoms with E-state index in [9.17, 15) is 5.11 Å². The number of aliphatic hydroxyl groups excluding tert-OH is 1.